The van der Waals surface area contributed by atoms with Gasteiger partial charge in [0.2, 0.25) is 0 Å². The second-order valence-electron chi connectivity index (χ2n) is 6.96. The Labute approximate surface area is 209 Å². The largest absolute Gasteiger partial charge is 0.391 e. The van der Waals surface area contributed by atoms with Crippen LogP contribution in [0.1, 0.15) is 87.1 Å². The first-order chi connectivity index (χ1) is 11.7. The summed E-state index contributed by atoms with van der Waals surface area (Å²) in [5.41, 5.74) is -0.687. The van der Waals surface area contributed by atoms with Gasteiger partial charge >= 0.3 is 0 Å². The Hall–Kier alpha value is -0.320. The average Bonchev–Trinajstić information content (AvgIpc) is 2.45. The van der Waals surface area contributed by atoms with Crippen molar-refractivity contribution in [2.24, 2.45) is 5.41 Å². The third kappa shape index (κ3) is 36.4. The molecule has 33 heavy (non-hydrogen) atoms. The predicted octanol–water partition coefficient (Wildman–Crippen LogP) is 4.65. The van der Waals surface area contributed by atoms with E-state index in [-0.39, 0.29) is 112 Å². The van der Waals surface area contributed by atoms with Gasteiger partial charge in [-0.3, -0.25) is 0 Å². The first-order valence-corrected chi connectivity index (χ1v) is 8.70. The van der Waals surface area contributed by atoms with Crippen LogP contribution in [0.15, 0.2) is 0 Å². The standard InChI is InChI=1S/C17H36O8.8CH4/c1-13(18)5-22-9-17(10-23-6-14(2)19,11-24-7-15(3)20)12-25-8-16(4)21;;;;;;;;/h13-16,18-21H,5-12H2,1-4H3;8*1H4. The molecule has 0 aromatic heterocycles. The van der Waals surface area contributed by atoms with Crippen molar-refractivity contribution in [3.8, 4) is 0 Å². The number of hydrogen-bond donors (Lipinski definition) is 4. The fourth-order valence-electron chi connectivity index (χ4n) is 2.03. The van der Waals surface area contributed by atoms with E-state index in [1.165, 1.54) is 0 Å². The summed E-state index contributed by atoms with van der Waals surface area (Å²) in [6.45, 7) is 7.95. The molecule has 0 spiro atoms. The highest BCUT2D eigenvalue weighted by atomic mass is 16.5. The number of aliphatic hydroxyl groups is 4. The van der Waals surface area contributed by atoms with Crippen LogP contribution in [0.2, 0.25) is 0 Å². The molecule has 0 rings (SSSR count). The summed E-state index contributed by atoms with van der Waals surface area (Å²) in [4.78, 5) is 0. The second kappa shape index (κ2) is 33.9. The van der Waals surface area contributed by atoms with E-state index in [1.54, 1.807) is 27.7 Å². The van der Waals surface area contributed by atoms with Crippen LogP contribution in [0, 0.1) is 5.41 Å². The number of hydrogen-bond acceptors (Lipinski definition) is 8. The highest BCUT2D eigenvalue weighted by Gasteiger charge is 2.33. The minimum Gasteiger partial charge on any atom is -0.391 e. The Morgan fingerprint density at radius 1 is 0.424 bits per heavy atom. The van der Waals surface area contributed by atoms with E-state index in [1.807, 2.05) is 0 Å². The molecule has 0 aliphatic heterocycles. The molecule has 0 saturated heterocycles. The fraction of sp³-hybridized carbons (Fsp3) is 1.00. The Balaban J connectivity index is -0.000000103. The van der Waals surface area contributed by atoms with Crippen molar-refractivity contribution in [3.05, 3.63) is 0 Å². The molecule has 4 atom stereocenters. The van der Waals surface area contributed by atoms with E-state index in [9.17, 15) is 20.4 Å². The molecule has 0 amide bonds. The molecule has 4 unspecified atom stereocenters. The van der Waals surface area contributed by atoms with Crippen LogP contribution in [-0.4, -0.2) is 97.7 Å². The molecule has 0 bridgehead atoms. The van der Waals surface area contributed by atoms with Crippen LogP contribution in [-0.2, 0) is 18.9 Å². The van der Waals surface area contributed by atoms with Crippen LogP contribution in [0.3, 0.4) is 0 Å². The van der Waals surface area contributed by atoms with Gasteiger partial charge in [0.05, 0.1) is 82.7 Å². The van der Waals surface area contributed by atoms with Gasteiger partial charge in [-0.1, -0.05) is 59.4 Å². The van der Waals surface area contributed by atoms with E-state index in [2.05, 4.69) is 0 Å². The summed E-state index contributed by atoms with van der Waals surface area (Å²) in [5.74, 6) is 0. The van der Waals surface area contributed by atoms with Crippen LogP contribution < -0.4 is 0 Å². The maximum absolute atomic E-state index is 9.38. The van der Waals surface area contributed by atoms with Gasteiger partial charge in [0.15, 0.2) is 0 Å². The lowest BCUT2D eigenvalue weighted by Gasteiger charge is -2.33. The van der Waals surface area contributed by atoms with E-state index in [4.69, 9.17) is 18.9 Å². The average molecular weight is 497 g/mol. The van der Waals surface area contributed by atoms with Crippen LogP contribution in [0.4, 0.5) is 0 Å². The smallest absolute Gasteiger partial charge is 0.0745 e. The Kier molecular flexibility index (Phi) is 60.0. The number of aliphatic hydroxyl groups excluding tert-OH is 4. The number of ether oxygens (including phenoxy) is 4. The first-order valence-electron chi connectivity index (χ1n) is 8.70. The van der Waals surface area contributed by atoms with Crippen molar-refractivity contribution in [1.29, 1.82) is 0 Å². The lowest BCUT2D eigenvalue weighted by Crippen LogP contribution is -2.43. The minimum absolute atomic E-state index is 0. The summed E-state index contributed by atoms with van der Waals surface area (Å²) in [6, 6.07) is 0. The van der Waals surface area contributed by atoms with Crippen LogP contribution in [0.5, 0.6) is 0 Å². The van der Waals surface area contributed by atoms with Crippen molar-refractivity contribution < 1.29 is 39.4 Å². The highest BCUT2D eigenvalue weighted by Crippen LogP contribution is 2.21. The molecule has 0 aliphatic rings. The second-order valence-corrected chi connectivity index (χ2v) is 6.96. The lowest BCUT2D eigenvalue weighted by atomic mass is 9.92. The summed E-state index contributed by atoms with van der Waals surface area (Å²) in [6.07, 6.45) is -2.42. The van der Waals surface area contributed by atoms with Gasteiger partial charge in [0, 0.05) is 0 Å². The van der Waals surface area contributed by atoms with Crippen LogP contribution >= 0.6 is 0 Å². The molecule has 0 radical (unpaired) electrons. The Bertz CT molecular complexity index is 249. The monoisotopic (exact) mass is 496 g/mol. The fourth-order valence-corrected chi connectivity index (χ4v) is 2.03. The van der Waals surface area contributed by atoms with E-state index < -0.39 is 29.8 Å². The summed E-state index contributed by atoms with van der Waals surface area (Å²) in [5, 5.41) is 37.5. The van der Waals surface area contributed by atoms with Crippen molar-refractivity contribution in [2.75, 3.05) is 52.9 Å². The van der Waals surface area contributed by atoms with E-state index in [0.717, 1.165) is 0 Å². The van der Waals surface area contributed by atoms with Gasteiger partial charge < -0.3 is 39.4 Å². The van der Waals surface area contributed by atoms with E-state index in [0.29, 0.717) is 0 Å². The molecule has 8 heteroatoms. The van der Waals surface area contributed by atoms with Crippen LogP contribution in [0.25, 0.3) is 0 Å². The Morgan fingerprint density at radius 3 is 0.697 bits per heavy atom. The minimum atomic E-state index is -0.687. The third-order valence-corrected chi connectivity index (χ3v) is 3.07. The van der Waals surface area contributed by atoms with Gasteiger partial charge in [-0.2, -0.15) is 0 Å². The molecule has 4 N–H and O–H groups in total. The third-order valence-electron chi connectivity index (χ3n) is 3.07. The molecule has 216 valence electrons. The molecule has 0 aromatic rings. The summed E-state index contributed by atoms with van der Waals surface area (Å²) in [7, 11) is 0. The molecule has 0 aromatic carbocycles. The zero-order chi connectivity index (χ0) is 19.3. The van der Waals surface area contributed by atoms with Gasteiger partial charge in [-0.05, 0) is 27.7 Å². The van der Waals surface area contributed by atoms with Gasteiger partial charge in [0.1, 0.15) is 0 Å². The van der Waals surface area contributed by atoms with Crippen molar-refractivity contribution in [1.82, 2.24) is 0 Å². The molecular formula is C25H68O8. The van der Waals surface area contributed by atoms with E-state index >= 15 is 0 Å². The molecule has 8 nitrogen and oxygen atoms in total. The molecule has 0 fully saturated rings. The topological polar surface area (TPSA) is 118 Å². The summed E-state index contributed by atoms with van der Waals surface area (Å²) < 4.78 is 22.2. The molecule has 0 aliphatic carbocycles. The zero-order valence-electron chi connectivity index (χ0n) is 15.9. The van der Waals surface area contributed by atoms with Gasteiger partial charge in [-0.15, -0.1) is 0 Å². The van der Waals surface area contributed by atoms with Gasteiger partial charge in [0.25, 0.3) is 0 Å². The van der Waals surface area contributed by atoms with Crippen molar-refractivity contribution in [2.45, 2.75) is 112 Å². The number of rotatable bonds is 16. The Morgan fingerprint density at radius 2 is 0.576 bits per heavy atom. The van der Waals surface area contributed by atoms with Crippen molar-refractivity contribution >= 4 is 0 Å². The summed E-state index contributed by atoms with van der Waals surface area (Å²) >= 11 is 0. The lowest BCUT2D eigenvalue weighted by molar-refractivity contribution is -0.128. The molecular weight excluding hydrogens is 428 g/mol. The maximum Gasteiger partial charge on any atom is 0.0745 e. The SMILES string of the molecule is C.C.C.C.C.C.C.C.CC(O)COCC(COCC(C)O)(COCC(C)O)COCC(C)O. The molecule has 0 heterocycles. The van der Waals surface area contributed by atoms with Crippen molar-refractivity contribution in [3.63, 3.8) is 0 Å². The zero-order valence-corrected chi connectivity index (χ0v) is 15.9. The highest BCUT2D eigenvalue weighted by molar-refractivity contribution is 4.80. The molecule has 0 saturated carbocycles. The maximum atomic E-state index is 9.38. The first kappa shape index (κ1) is 58.5. The normalized spacial score (nSPS) is 14.5. The predicted molar refractivity (Wildman–Crippen MR) is 146 cm³/mol. The quantitative estimate of drug-likeness (QED) is 0.244. The van der Waals surface area contributed by atoms with Gasteiger partial charge in [-0.25, -0.2) is 0 Å².